The van der Waals surface area contributed by atoms with Crippen molar-refractivity contribution in [2.75, 3.05) is 6.54 Å². The van der Waals surface area contributed by atoms with Crippen molar-refractivity contribution in [2.24, 2.45) is 0 Å². The summed E-state index contributed by atoms with van der Waals surface area (Å²) >= 11 is 1.69. The second-order valence-corrected chi connectivity index (χ2v) is 5.57. The van der Waals surface area contributed by atoms with Crippen molar-refractivity contribution in [3.63, 3.8) is 0 Å². The third-order valence-electron chi connectivity index (χ3n) is 3.05. The zero-order valence-corrected chi connectivity index (χ0v) is 12.4. The molecular weight excluding hydrogens is 280 g/mol. The van der Waals surface area contributed by atoms with Crippen molar-refractivity contribution in [3.05, 3.63) is 64.9 Å². The molecule has 0 saturated carbocycles. The van der Waals surface area contributed by atoms with Gasteiger partial charge in [0.2, 0.25) is 0 Å². The lowest BCUT2D eigenvalue weighted by Gasteiger charge is -2.02. The van der Waals surface area contributed by atoms with E-state index >= 15 is 0 Å². The molecule has 0 aromatic carbocycles. The molecule has 0 bridgehead atoms. The lowest BCUT2D eigenvalue weighted by molar-refractivity contribution is 0.684. The number of nitrogens with zero attached hydrogens (tertiary/aromatic N) is 3. The zero-order valence-electron chi connectivity index (χ0n) is 11.6. The fourth-order valence-electron chi connectivity index (χ4n) is 1.99. The molecule has 0 amide bonds. The molecule has 1 N–H and O–H groups in total. The highest BCUT2D eigenvalue weighted by Crippen LogP contribution is 2.19. The summed E-state index contributed by atoms with van der Waals surface area (Å²) in [7, 11) is 0. The molecule has 0 saturated heterocycles. The molecule has 21 heavy (non-hydrogen) atoms. The summed E-state index contributed by atoms with van der Waals surface area (Å²) < 4.78 is 0. The lowest BCUT2D eigenvalue weighted by atomic mass is 10.3. The van der Waals surface area contributed by atoms with E-state index < -0.39 is 0 Å². The van der Waals surface area contributed by atoms with Crippen molar-refractivity contribution in [2.45, 2.75) is 13.0 Å². The molecule has 3 aromatic rings. The smallest absolute Gasteiger partial charge is 0.0998 e. The molecule has 0 unspecified atom stereocenters. The largest absolute Gasteiger partial charge is 0.312 e. The number of aromatic nitrogens is 3. The molecule has 0 spiro atoms. The Balaban J connectivity index is 1.49. The number of thiazole rings is 1. The second-order valence-electron chi connectivity index (χ2n) is 4.63. The minimum atomic E-state index is 0.840. The zero-order chi connectivity index (χ0) is 14.3. The first-order chi connectivity index (χ1) is 10.4. The van der Waals surface area contributed by atoms with Crippen LogP contribution < -0.4 is 5.32 Å². The van der Waals surface area contributed by atoms with Gasteiger partial charge < -0.3 is 5.32 Å². The van der Waals surface area contributed by atoms with E-state index in [1.165, 1.54) is 5.56 Å². The summed E-state index contributed by atoms with van der Waals surface area (Å²) in [4.78, 5) is 13.1. The number of hydrogen-bond acceptors (Lipinski definition) is 5. The summed E-state index contributed by atoms with van der Waals surface area (Å²) in [5.74, 6) is 0. The van der Waals surface area contributed by atoms with Crippen LogP contribution in [0.1, 0.15) is 10.6 Å². The van der Waals surface area contributed by atoms with E-state index in [1.807, 2.05) is 30.5 Å². The highest BCUT2D eigenvalue weighted by Gasteiger charge is 2.04. The standard InChI is InChI=1S/C16H16N4S/c1-2-8-19-14(5-1)15-12-21-16(20-15)6-9-18-11-13-4-3-7-17-10-13/h1-5,7-8,10,12,18H,6,9,11H2. The Kier molecular flexibility index (Phi) is 4.66. The second kappa shape index (κ2) is 7.06. The number of pyridine rings is 2. The van der Waals surface area contributed by atoms with E-state index in [0.717, 1.165) is 35.9 Å². The summed E-state index contributed by atoms with van der Waals surface area (Å²) in [6.45, 7) is 1.75. The first-order valence-corrected chi connectivity index (χ1v) is 7.75. The predicted molar refractivity (Wildman–Crippen MR) is 85.0 cm³/mol. The molecule has 0 aliphatic rings. The van der Waals surface area contributed by atoms with Crippen molar-refractivity contribution in [3.8, 4) is 11.4 Å². The highest BCUT2D eigenvalue weighted by molar-refractivity contribution is 7.09. The fourth-order valence-corrected chi connectivity index (χ4v) is 2.78. The first-order valence-electron chi connectivity index (χ1n) is 6.87. The van der Waals surface area contributed by atoms with Crippen molar-refractivity contribution >= 4 is 11.3 Å². The van der Waals surface area contributed by atoms with Gasteiger partial charge in [-0.25, -0.2) is 4.98 Å². The van der Waals surface area contributed by atoms with Crippen LogP contribution in [0.2, 0.25) is 0 Å². The quantitative estimate of drug-likeness (QED) is 0.711. The van der Waals surface area contributed by atoms with Crippen LogP contribution in [0, 0.1) is 0 Å². The van der Waals surface area contributed by atoms with Gasteiger partial charge in [-0.3, -0.25) is 9.97 Å². The molecule has 3 heterocycles. The van der Waals surface area contributed by atoms with Gasteiger partial charge in [0.15, 0.2) is 0 Å². The van der Waals surface area contributed by atoms with Gasteiger partial charge in [-0.2, -0.15) is 0 Å². The van der Waals surface area contributed by atoms with Gasteiger partial charge in [0.1, 0.15) is 0 Å². The molecular formula is C16H16N4S. The Labute approximate surface area is 127 Å². The van der Waals surface area contributed by atoms with Crippen LogP contribution in [0.5, 0.6) is 0 Å². The fraction of sp³-hybridized carbons (Fsp3) is 0.188. The molecule has 0 atom stereocenters. The minimum absolute atomic E-state index is 0.840. The first kappa shape index (κ1) is 13.9. The van der Waals surface area contributed by atoms with Crippen molar-refractivity contribution in [1.82, 2.24) is 20.3 Å². The minimum Gasteiger partial charge on any atom is -0.312 e. The van der Waals surface area contributed by atoms with Gasteiger partial charge in [-0.15, -0.1) is 11.3 Å². The Hall–Kier alpha value is -2.11. The maximum absolute atomic E-state index is 4.63. The molecule has 0 radical (unpaired) electrons. The molecule has 0 fully saturated rings. The highest BCUT2D eigenvalue weighted by atomic mass is 32.1. The van der Waals surface area contributed by atoms with Crippen LogP contribution in [0.3, 0.4) is 0 Å². The van der Waals surface area contributed by atoms with Gasteiger partial charge in [0, 0.05) is 43.5 Å². The average molecular weight is 296 g/mol. The Morgan fingerprint density at radius 3 is 2.86 bits per heavy atom. The van der Waals surface area contributed by atoms with Crippen LogP contribution in [0.25, 0.3) is 11.4 Å². The third-order valence-corrected chi connectivity index (χ3v) is 3.96. The molecule has 3 aromatic heterocycles. The summed E-state index contributed by atoms with van der Waals surface area (Å²) in [6.07, 6.45) is 6.40. The molecule has 0 aliphatic heterocycles. The van der Waals surface area contributed by atoms with E-state index in [1.54, 1.807) is 23.7 Å². The maximum Gasteiger partial charge on any atom is 0.0998 e. The van der Waals surface area contributed by atoms with E-state index in [9.17, 15) is 0 Å². The summed E-state index contributed by atoms with van der Waals surface area (Å²) in [6, 6.07) is 9.91. The molecule has 106 valence electrons. The summed E-state index contributed by atoms with van der Waals surface area (Å²) in [5.41, 5.74) is 3.09. The van der Waals surface area contributed by atoms with Gasteiger partial charge in [-0.1, -0.05) is 12.1 Å². The number of hydrogen-bond donors (Lipinski definition) is 1. The molecule has 3 rings (SSSR count). The van der Waals surface area contributed by atoms with Gasteiger partial charge in [0.25, 0.3) is 0 Å². The van der Waals surface area contributed by atoms with Gasteiger partial charge in [0.05, 0.1) is 16.4 Å². The maximum atomic E-state index is 4.63. The Morgan fingerprint density at radius 1 is 1.05 bits per heavy atom. The van der Waals surface area contributed by atoms with E-state index in [-0.39, 0.29) is 0 Å². The normalized spacial score (nSPS) is 10.7. The number of rotatable bonds is 6. The lowest BCUT2D eigenvalue weighted by Crippen LogP contribution is -2.16. The van der Waals surface area contributed by atoms with Crippen molar-refractivity contribution in [1.29, 1.82) is 0 Å². The van der Waals surface area contributed by atoms with E-state index in [0.29, 0.717) is 0 Å². The number of nitrogens with one attached hydrogen (secondary N) is 1. The average Bonchev–Trinajstić information content (AvgIpc) is 3.02. The molecule has 4 nitrogen and oxygen atoms in total. The summed E-state index contributed by atoms with van der Waals surface area (Å²) in [5, 5.41) is 6.61. The third kappa shape index (κ3) is 3.93. The van der Waals surface area contributed by atoms with Gasteiger partial charge in [-0.05, 0) is 23.8 Å². The Bertz CT molecular complexity index is 667. The predicted octanol–water partition coefficient (Wildman–Crippen LogP) is 2.93. The van der Waals surface area contributed by atoms with Crippen LogP contribution in [-0.4, -0.2) is 21.5 Å². The van der Waals surface area contributed by atoms with E-state index in [4.69, 9.17) is 0 Å². The van der Waals surface area contributed by atoms with Crippen LogP contribution >= 0.6 is 11.3 Å². The molecule has 5 heteroatoms. The van der Waals surface area contributed by atoms with Crippen LogP contribution in [-0.2, 0) is 13.0 Å². The van der Waals surface area contributed by atoms with Crippen molar-refractivity contribution < 1.29 is 0 Å². The monoisotopic (exact) mass is 296 g/mol. The van der Waals surface area contributed by atoms with Crippen LogP contribution in [0.15, 0.2) is 54.3 Å². The Morgan fingerprint density at radius 2 is 2.05 bits per heavy atom. The van der Waals surface area contributed by atoms with Crippen LogP contribution in [0.4, 0.5) is 0 Å². The molecule has 0 aliphatic carbocycles. The SMILES string of the molecule is c1ccc(-c2csc(CCNCc3cccnc3)n2)nc1. The topological polar surface area (TPSA) is 50.7 Å². The van der Waals surface area contributed by atoms with E-state index in [2.05, 4.69) is 31.7 Å². The van der Waals surface area contributed by atoms with Gasteiger partial charge >= 0.3 is 0 Å².